The average molecular weight is 319 g/mol. The van der Waals surface area contributed by atoms with E-state index in [0.29, 0.717) is 24.5 Å². The van der Waals surface area contributed by atoms with Gasteiger partial charge in [-0.2, -0.15) is 0 Å². The van der Waals surface area contributed by atoms with Crippen LogP contribution in [0.1, 0.15) is 10.4 Å². The first-order valence-corrected chi connectivity index (χ1v) is 7.66. The summed E-state index contributed by atoms with van der Waals surface area (Å²) in [4.78, 5) is 20.5. The van der Waals surface area contributed by atoms with Crippen LogP contribution in [0.15, 0.2) is 73.1 Å². The zero-order valence-electron chi connectivity index (χ0n) is 13.1. The van der Waals surface area contributed by atoms with Crippen molar-refractivity contribution < 1.29 is 9.53 Å². The molecule has 1 heterocycles. The van der Waals surface area contributed by atoms with Gasteiger partial charge in [-0.25, -0.2) is 9.97 Å². The number of rotatable bonds is 6. The summed E-state index contributed by atoms with van der Waals surface area (Å²) in [7, 11) is 0. The number of benzene rings is 2. The molecule has 0 radical (unpaired) electrons. The van der Waals surface area contributed by atoms with Crippen LogP contribution in [0.4, 0.5) is 0 Å². The van der Waals surface area contributed by atoms with Crippen LogP contribution < -0.4 is 10.1 Å². The molecule has 0 aliphatic carbocycles. The molecule has 2 aromatic carbocycles. The second-order valence-corrected chi connectivity index (χ2v) is 5.08. The molecule has 0 bridgehead atoms. The number of aromatic nitrogens is 2. The van der Waals surface area contributed by atoms with Gasteiger partial charge in [-0.15, -0.1) is 0 Å². The third kappa shape index (κ3) is 4.16. The van der Waals surface area contributed by atoms with Crippen LogP contribution in [-0.4, -0.2) is 29.0 Å². The minimum Gasteiger partial charge on any atom is -0.492 e. The third-order valence-corrected chi connectivity index (χ3v) is 3.35. The fourth-order valence-electron chi connectivity index (χ4n) is 2.13. The SMILES string of the molecule is O=C(NCCOc1ccccc1)c1cnc(-c2ccccc2)nc1. The topological polar surface area (TPSA) is 64.1 Å². The van der Waals surface area contributed by atoms with Gasteiger partial charge in [0.05, 0.1) is 12.1 Å². The maximum Gasteiger partial charge on any atom is 0.254 e. The second kappa shape index (κ2) is 7.87. The number of nitrogens with one attached hydrogen (secondary N) is 1. The van der Waals surface area contributed by atoms with E-state index in [9.17, 15) is 4.79 Å². The summed E-state index contributed by atoms with van der Waals surface area (Å²) in [6, 6.07) is 19.1. The van der Waals surface area contributed by atoms with Gasteiger partial charge in [0.15, 0.2) is 5.82 Å². The van der Waals surface area contributed by atoms with Gasteiger partial charge < -0.3 is 10.1 Å². The Kier molecular flexibility index (Phi) is 5.14. The second-order valence-electron chi connectivity index (χ2n) is 5.08. The van der Waals surface area contributed by atoms with Gasteiger partial charge in [0.2, 0.25) is 0 Å². The van der Waals surface area contributed by atoms with Gasteiger partial charge >= 0.3 is 0 Å². The lowest BCUT2D eigenvalue weighted by Crippen LogP contribution is -2.28. The Morgan fingerprint density at radius 3 is 2.21 bits per heavy atom. The van der Waals surface area contributed by atoms with Crippen molar-refractivity contribution in [2.45, 2.75) is 0 Å². The number of ether oxygens (including phenoxy) is 1. The molecule has 1 amide bonds. The number of para-hydroxylation sites is 1. The molecule has 1 aromatic heterocycles. The Morgan fingerprint density at radius 2 is 1.54 bits per heavy atom. The molecule has 0 unspecified atom stereocenters. The highest BCUT2D eigenvalue weighted by atomic mass is 16.5. The molecule has 24 heavy (non-hydrogen) atoms. The molecule has 0 fully saturated rings. The van der Waals surface area contributed by atoms with E-state index in [1.54, 1.807) is 0 Å². The van der Waals surface area contributed by atoms with Gasteiger partial charge in [-0.3, -0.25) is 4.79 Å². The molecular weight excluding hydrogens is 302 g/mol. The van der Waals surface area contributed by atoms with Gasteiger partial charge in [-0.1, -0.05) is 48.5 Å². The van der Waals surface area contributed by atoms with Crippen molar-refractivity contribution in [3.8, 4) is 17.1 Å². The van der Waals surface area contributed by atoms with Crippen molar-refractivity contribution in [1.29, 1.82) is 0 Å². The van der Waals surface area contributed by atoms with Crippen molar-refractivity contribution in [2.24, 2.45) is 0 Å². The number of hydrogen-bond acceptors (Lipinski definition) is 4. The molecule has 3 rings (SSSR count). The first-order valence-electron chi connectivity index (χ1n) is 7.66. The fourth-order valence-corrected chi connectivity index (χ4v) is 2.13. The lowest BCUT2D eigenvalue weighted by Gasteiger charge is -2.07. The molecule has 1 N–H and O–H groups in total. The van der Waals surface area contributed by atoms with Crippen molar-refractivity contribution in [3.05, 3.63) is 78.6 Å². The van der Waals surface area contributed by atoms with E-state index in [2.05, 4.69) is 15.3 Å². The Bertz CT molecular complexity index is 775. The standard InChI is InChI=1S/C19H17N3O2/c23-19(20-11-12-24-17-9-5-2-6-10-17)16-13-21-18(22-14-16)15-7-3-1-4-8-15/h1-10,13-14H,11-12H2,(H,20,23). The van der Waals surface area contributed by atoms with Crippen LogP contribution in [-0.2, 0) is 0 Å². The predicted molar refractivity (Wildman–Crippen MR) is 91.7 cm³/mol. The highest BCUT2D eigenvalue weighted by molar-refractivity contribution is 5.93. The van der Waals surface area contributed by atoms with Crippen LogP contribution in [0, 0.1) is 0 Å². The van der Waals surface area contributed by atoms with Gasteiger partial charge in [0, 0.05) is 18.0 Å². The van der Waals surface area contributed by atoms with E-state index in [-0.39, 0.29) is 5.91 Å². The first kappa shape index (κ1) is 15.7. The number of carbonyl (C=O) groups is 1. The molecule has 0 saturated heterocycles. The summed E-state index contributed by atoms with van der Waals surface area (Å²) in [6.45, 7) is 0.812. The van der Waals surface area contributed by atoms with Crippen LogP contribution in [0.5, 0.6) is 5.75 Å². The van der Waals surface area contributed by atoms with E-state index in [0.717, 1.165) is 11.3 Å². The van der Waals surface area contributed by atoms with E-state index in [4.69, 9.17) is 4.74 Å². The zero-order valence-corrected chi connectivity index (χ0v) is 13.1. The maximum absolute atomic E-state index is 12.1. The van der Waals surface area contributed by atoms with Crippen LogP contribution in [0.3, 0.4) is 0 Å². The molecule has 0 aliphatic rings. The summed E-state index contributed by atoms with van der Waals surface area (Å²) in [5.74, 6) is 1.16. The Morgan fingerprint density at radius 1 is 0.917 bits per heavy atom. The lowest BCUT2D eigenvalue weighted by atomic mass is 10.2. The van der Waals surface area contributed by atoms with Crippen LogP contribution in [0.2, 0.25) is 0 Å². The molecule has 0 aliphatic heterocycles. The summed E-state index contributed by atoms with van der Waals surface area (Å²) in [5.41, 5.74) is 1.34. The first-order chi connectivity index (χ1) is 11.8. The lowest BCUT2D eigenvalue weighted by molar-refractivity contribution is 0.0946. The number of carbonyl (C=O) groups excluding carboxylic acids is 1. The fraction of sp³-hybridized carbons (Fsp3) is 0.105. The summed E-state index contributed by atoms with van der Waals surface area (Å²) >= 11 is 0. The van der Waals surface area contributed by atoms with Crippen molar-refractivity contribution >= 4 is 5.91 Å². The Labute approximate surface area is 140 Å². The quantitative estimate of drug-likeness (QED) is 0.710. The number of hydrogen-bond donors (Lipinski definition) is 1. The average Bonchev–Trinajstić information content (AvgIpc) is 2.67. The smallest absolute Gasteiger partial charge is 0.254 e. The zero-order chi connectivity index (χ0) is 16.6. The van der Waals surface area contributed by atoms with E-state index < -0.39 is 0 Å². The Balaban J connectivity index is 1.50. The Hall–Kier alpha value is -3.21. The molecule has 120 valence electrons. The highest BCUT2D eigenvalue weighted by Gasteiger charge is 2.07. The predicted octanol–water partition coefficient (Wildman–Crippen LogP) is 2.95. The normalized spacial score (nSPS) is 10.2. The third-order valence-electron chi connectivity index (χ3n) is 3.35. The summed E-state index contributed by atoms with van der Waals surface area (Å²) in [6.07, 6.45) is 3.06. The van der Waals surface area contributed by atoms with Crippen molar-refractivity contribution in [3.63, 3.8) is 0 Å². The maximum atomic E-state index is 12.1. The van der Waals surface area contributed by atoms with Gasteiger partial charge in [0.25, 0.3) is 5.91 Å². The molecular formula is C19H17N3O2. The summed E-state index contributed by atoms with van der Waals surface area (Å²) in [5, 5.41) is 2.78. The van der Waals surface area contributed by atoms with Gasteiger partial charge in [0.1, 0.15) is 12.4 Å². The van der Waals surface area contributed by atoms with E-state index in [1.807, 2.05) is 60.7 Å². The summed E-state index contributed by atoms with van der Waals surface area (Å²) < 4.78 is 5.52. The molecule has 0 atom stereocenters. The molecule has 5 heteroatoms. The van der Waals surface area contributed by atoms with Crippen LogP contribution in [0.25, 0.3) is 11.4 Å². The number of amides is 1. The minimum absolute atomic E-state index is 0.216. The minimum atomic E-state index is -0.216. The van der Waals surface area contributed by atoms with E-state index in [1.165, 1.54) is 12.4 Å². The van der Waals surface area contributed by atoms with E-state index >= 15 is 0 Å². The highest BCUT2D eigenvalue weighted by Crippen LogP contribution is 2.13. The molecule has 5 nitrogen and oxygen atoms in total. The molecule has 0 saturated carbocycles. The van der Waals surface area contributed by atoms with Crippen LogP contribution >= 0.6 is 0 Å². The van der Waals surface area contributed by atoms with Gasteiger partial charge in [-0.05, 0) is 12.1 Å². The monoisotopic (exact) mass is 319 g/mol. The number of nitrogens with zero attached hydrogens (tertiary/aromatic N) is 2. The van der Waals surface area contributed by atoms with Crippen molar-refractivity contribution in [2.75, 3.05) is 13.2 Å². The molecule has 3 aromatic rings. The molecule has 0 spiro atoms. The largest absolute Gasteiger partial charge is 0.492 e. The van der Waals surface area contributed by atoms with Crippen molar-refractivity contribution in [1.82, 2.24) is 15.3 Å².